The molecule has 1 aromatic rings. The average Bonchev–Trinajstić information content (AvgIpc) is 3.35. The first-order chi connectivity index (χ1) is 11.4. The number of rotatable bonds is 4. The summed E-state index contributed by atoms with van der Waals surface area (Å²) in [6.45, 7) is 5.17. The third kappa shape index (κ3) is 3.55. The summed E-state index contributed by atoms with van der Waals surface area (Å²) in [5.74, 6) is 0.469. The summed E-state index contributed by atoms with van der Waals surface area (Å²) in [5, 5.41) is 3.00. The number of primary amides is 1. The summed E-state index contributed by atoms with van der Waals surface area (Å²) >= 11 is 0. The largest absolute Gasteiger partial charge is 0.369 e. The van der Waals surface area contributed by atoms with E-state index in [0.29, 0.717) is 31.8 Å². The number of amides is 3. The van der Waals surface area contributed by atoms with Crippen molar-refractivity contribution in [3.8, 4) is 0 Å². The number of nitrogens with two attached hydrogens (primary N) is 1. The Morgan fingerprint density at radius 3 is 2.50 bits per heavy atom. The molecule has 0 bridgehead atoms. The number of piperidine rings is 1. The predicted octanol–water partition coefficient (Wildman–Crippen LogP) is 3.20. The molecule has 1 saturated heterocycles. The summed E-state index contributed by atoms with van der Waals surface area (Å²) in [4.78, 5) is 26.3. The van der Waals surface area contributed by atoms with Crippen molar-refractivity contribution in [1.29, 1.82) is 0 Å². The Bertz CT molecular complexity index is 644. The molecule has 0 unspecified atom stereocenters. The van der Waals surface area contributed by atoms with Crippen molar-refractivity contribution in [2.75, 3.05) is 18.4 Å². The molecule has 1 heterocycles. The molecule has 0 spiro atoms. The van der Waals surface area contributed by atoms with Gasteiger partial charge in [0.1, 0.15) is 0 Å². The summed E-state index contributed by atoms with van der Waals surface area (Å²) < 4.78 is 0. The molecule has 5 heteroatoms. The van der Waals surface area contributed by atoms with Gasteiger partial charge in [-0.05, 0) is 56.2 Å². The fraction of sp³-hybridized carbons (Fsp3) is 0.579. The van der Waals surface area contributed by atoms with Gasteiger partial charge in [-0.15, -0.1) is 0 Å². The molecule has 1 aliphatic carbocycles. The number of likely N-dealkylation sites (tertiary alicyclic amines) is 1. The number of nitrogens with zero attached hydrogens (tertiary/aromatic N) is 1. The Labute approximate surface area is 143 Å². The van der Waals surface area contributed by atoms with E-state index in [2.05, 4.69) is 5.32 Å². The standard InChI is InChI=1S/C19H27N3O2/c1-13-3-4-14(2)16(11-13)21-18(24)22-9-7-19(8-10-22,17(20)23)12-15-5-6-15/h3-4,11,15H,5-10,12H2,1-2H3,(H2,20,23)(H,21,24). The Balaban J connectivity index is 1.62. The molecular weight excluding hydrogens is 302 g/mol. The summed E-state index contributed by atoms with van der Waals surface area (Å²) in [6.07, 6.45) is 4.69. The molecule has 2 fully saturated rings. The SMILES string of the molecule is Cc1ccc(C)c(NC(=O)N2CCC(CC3CC3)(C(N)=O)CC2)c1. The van der Waals surface area contributed by atoms with Crippen LogP contribution >= 0.6 is 0 Å². The summed E-state index contributed by atoms with van der Waals surface area (Å²) in [5.41, 5.74) is 8.31. The van der Waals surface area contributed by atoms with E-state index >= 15 is 0 Å². The number of carbonyl (C=O) groups is 2. The van der Waals surface area contributed by atoms with Crippen molar-refractivity contribution in [3.05, 3.63) is 29.3 Å². The predicted molar refractivity (Wildman–Crippen MR) is 94.7 cm³/mol. The van der Waals surface area contributed by atoms with Crippen molar-refractivity contribution in [2.24, 2.45) is 17.1 Å². The monoisotopic (exact) mass is 329 g/mol. The summed E-state index contributed by atoms with van der Waals surface area (Å²) in [6, 6.07) is 5.94. The first-order valence-electron chi connectivity index (χ1n) is 8.83. The molecule has 0 radical (unpaired) electrons. The Kier molecular flexibility index (Phi) is 4.52. The van der Waals surface area contributed by atoms with Crippen molar-refractivity contribution in [2.45, 2.75) is 46.0 Å². The highest BCUT2D eigenvalue weighted by molar-refractivity contribution is 5.90. The van der Waals surface area contributed by atoms with Gasteiger partial charge in [0.15, 0.2) is 0 Å². The quantitative estimate of drug-likeness (QED) is 0.890. The molecular formula is C19H27N3O2. The van der Waals surface area contributed by atoms with Gasteiger partial charge in [-0.1, -0.05) is 25.0 Å². The maximum atomic E-state index is 12.5. The van der Waals surface area contributed by atoms with E-state index in [-0.39, 0.29) is 11.9 Å². The normalized spacial score (nSPS) is 19.8. The highest BCUT2D eigenvalue weighted by Crippen LogP contribution is 2.45. The van der Waals surface area contributed by atoms with Gasteiger partial charge in [0.25, 0.3) is 0 Å². The molecule has 0 atom stereocenters. The van der Waals surface area contributed by atoms with Crippen LogP contribution in [0.25, 0.3) is 0 Å². The van der Waals surface area contributed by atoms with Gasteiger partial charge in [-0.2, -0.15) is 0 Å². The minimum Gasteiger partial charge on any atom is -0.369 e. The highest BCUT2D eigenvalue weighted by atomic mass is 16.2. The second-order valence-corrected chi connectivity index (χ2v) is 7.53. The molecule has 24 heavy (non-hydrogen) atoms. The van der Waals surface area contributed by atoms with Crippen molar-refractivity contribution < 1.29 is 9.59 Å². The van der Waals surface area contributed by atoms with Crippen molar-refractivity contribution >= 4 is 17.6 Å². The van der Waals surface area contributed by atoms with Crippen molar-refractivity contribution in [1.82, 2.24) is 4.90 Å². The Morgan fingerprint density at radius 2 is 1.92 bits per heavy atom. The van der Waals surface area contributed by atoms with Gasteiger partial charge in [0.05, 0.1) is 5.41 Å². The van der Waals surface area contributed by atoms with Gasteiger partial charge in [-0.3, -0.25) is 4.79 Å². The van der Waals surface area contributed by atoms with Gasteiger partial charge >= 0.3 is 6.03 Å². The second kappa shape index (κ2) is 6.46. The van der Waals surface area contributed by atoms with Gasteiger partial charge < -0.3 is 16.0 Å². The van der Waals surface area contributed by atoms with E-state index in [1.54, 1.807) is 4.90 Å². The van der Waals surface area contributed by atoms with Crippen LogP contribution in [-0.2, 0) is 4.79 Å². The number of hydrogen-bond acceptors (Lipinski definition) is 2. The third-order valence-corrected chi connectivity index (χ3v) is 5.54. The van der Waals surface area contributed by atoms with Crippen LogP contribution in [0.2, 0.25) is 0 Å². The number of nitrogens with one attached hydrogen (secondary N) is 1. The third-order valence-electron chi connectivity index (χ3n) is 5.54. The molecule has 130 valence electrons. The highest BCUT2D eigenvalue weighted by Gasteiger charge is 2.44. The average molecular weight is 329 g/mol. The number of hydrogen-bond donors (Lipinski definition) is 2. The van der Waals surface area contributed by atoms with Crippen LogP contribution in [0.5, 0.6) is 0 Å². The van der Waals surface area contributed by atoms with Crippen LogP contribution in [0, 0.1) is 25.2 Å². The Hall–Kier alpha value is -2.04. The number of anilines is 1. The van der Waals surface area contributed by atoms with Crippen LogP contribution in [0.15, 0.2) is 18.2 Å². The zero-order valence-electron chi connectivity index (χ0n) is 14.6. The van der Waals surface area contributed by atoms with Gasteiger partial charge in [0.2, 0.25) is 5.91 Å². The lowest BCUT2D eigenvalue weighted by atomic mass is 9.73. The second-order valence-electron chi connectivity index (χ2n) is 7.53. The molecule has 1 aliphatic heterocycles. The number of urea groups is 1. The first kappa shape index (κ1) is 16.8. The van der Waals surface area contributed by atoms with E-state index in [4.69, 9.17) is 5.73 Å². The molecule has 5 nitrogen and oxygen atoms in total. The first-order valence-corrected chi connectivity index (χ1v) is 8.83. The van der Waals surface area contributed by atoms with E-state index in [9.17, 15) is 9.59 Å². The van der Waals surface area contributed by atoms with Gasteiger partial charge in [-0.25, -0.2) is 4.79 Å². The van der Waals surface area contributed by atoms with E-state index < -0.39 is 5.41 Å². The van der Waals surface area contributed by atoms with Crippen LogP contribution in [0.4, 0.5) is 10.5 Å². The molecule has 2 aliphatic rings. The van der Waals surface area contributed by atoms with E-state index in [1.807, 2.05) is 32.0 Å². The van der Waals surface area contributed by atoms with Crippen molar-refractivity contribution in [3.63, 3.8) is 0 Å². The van der Waals surface area contributed by atoms with Crippen LogP contribution < -0.4 is 11.1 Å². The maximum Gasteiger partial charge on any atom is 0.321 e. The number of benzene rings is 1. The van der Waals surface area contributed by atoms with Gasteiger partial charge in [0, 0.05) is 18.8 Å². The molecule has 1 saturated carbocycles. The topological polar surface area (TPSA) is 75.4 Å². The molecule has 3 rings (SSSR count). The van der Waals surface area contributed by atoms with Crippen LogP contribution in [0.1, 0.15) is 43.2 Å². The number of carbonyl (C=O) groups excluding carboxylic acids is 2. The lowest BCUT2D eigenvalue weighted by Gasteiger charge is -2.39. The molecule has 0 aromatic heterocycles. The van der Waals surface area contributed by atoms with Crippen LogP contribution in [-0.4, -0.2) is 29.9 Å². The molecule has 1 aromatic carbocycles. The summed E-state index contributed by atoms with van der Waals surface area (Å²) in [7, 11) is 0. The fourth-order valence-electron chi connectivity index (χ4n) is 3.63. The van der Waals surface area contributed by atoms with Crippen LogP contribution in [0.3, 0.4) is 0 Å². The fourth-order valence-corrected chi connectivity index (χ4v) is 3.63. The molecule has 3 N–H and O–H groups in total. The van der Waals surface area contributed by atoms with E-state index in [1.165, 1.54) is 12.8 Å². The lowest BCUT2D eigenvalue weighted by molar-refractivity contribution is -0.130. The smallest absolute Gasteiger partial charge is 0.321 e. The van der Waals surface area contributed by atoms with E-state index in [0.717, 1.165) is 23.2 Å². The number of aryl methyl sites for hydroxylation is 2. The zero-order valence-corrected chi connectivity index (χ0v) is 14.6. The minimum absolute atomic E-state index is 0.0896. The zero-order chi connectivity index (χ0) is 17.3. The molecule has 3 amide bonds. The minimum atomic E-state index is -0.406. The maximum absolute atomic E-state index is 12.5. The lowest BCUT2D eigenvalue weighted by Crippen LogP contribution is -2.50. The Morgan fingerprint density at radius 1 is 1.25 bits per heavy atom.